The molecule has 1 N–H and O–H groups in total. The van der Waals surface area contributed by atoms with Gasteiger partial charge in [0.1, 0.15) is 17.4 Å². The van der Waals surface area contributed by atoms with Gasteiger partial charge in [-0.25, -0.2) is 0 Å². The summed E-state index contributed by atoms with van der Waals surface area (Å²) in [5.41, 5.74) is 2.96. The number of hydrogen-bond acceptors (Lipinski definition) is 4. The third kappa shape index (κ3) is 5.37. The second-order valence-electron chi connectivity index (χ2n) is 6.45. The lowest BCUT2D eigenvalue weighted by molar-refractivity contribution is -0.117. The van der Waals surface area contributed by atoms with Crippen LogP contribution in [0.4, 0.5) is 5.69 Å². The largest absolute Gasteiger partial charge is 0.494 e. The molecule has 0 aliphatic heterocycles. The molecule has 28 heavy (non-hydrogen) atoms. The van der Waals surface area contributed by atoms with Crippen LogP contribution < -0.4 is 15.0 Å². The lowest BCUT2D eigenvalue weighted by atomic mass is 10.0. The number of nitriles is 1. The molecule has 2 aromatic carbocycles. The van der Waals surface area contributed by atoms with Crippen LogP contribution in [0.2, 0.25) is 0 Å². The summed E-state index contributed by atoms with van der Waals surface area (Å²) in [6.45, 7) is 8.96. The molecule has 0 spiro atoms. The number of benzene rings is 2. The Kier molecular flexibility index (Phi) is 7.65. The minimum absolute atomic E-state index is 0.0585. The number of carbonyl (C=O) groups is 1. The normalized spacial score (nSPS) is 12.0. The standard InChI is InChI=1S/C23H27N3O2/c1-5-26(20-10-8-7-9-11-20)16-19(15-24)23(27)25-18(4)21-14-17(3)12-13-22(21)28-6-2/h7-14,16,18H,5-6H2,1-4H3,(H,25,27)/b19-16-. The lowest BCUT2D eigenvalue weighted by Gasteiger charge is -2.21. The number of nitrogens with zero attached hydrogens (tertiary/aromatic N) is 2. The second kappa shape index (κ2) is 10.2. The van der Waals surface area contributed by atoms with E-state index in [2.05, 4.69) is 5.32 Å². The maximum atomic E-state index is 12.7. The van der Waals surface area contributed by atoms with Crippen molar-refractivity contribution in [3.63, 3.8) is 0 Å². The van der Waals surface area contributed by atoms with E-state index in [1.165, 1.54) is 0 Å². The Labute approximate surface area is 167 Å². The molecule has 2 rings (SSSR count). The number of rotatable bonds is 8. The van der Waals surface area contributed by atoms with Gasteiger partial charge >= 0.3 is 0 Å². The Bertz CT molecular complexity index is 869. The summed E-state index contributed by atoms with van der Waals surface area (Å²) in [5, 5.41) is 12.4. The smallest absolute Gasteiger partial charge is 0.263 e. The van der Waals surface area contributed by atoms with Crippen molar-refractivity contribution in [2.45, 2.75) is 33.7 Å². The Morgan fingerprint density at radius 3 is 2.57 bits per heavy atom. The molecule has 0 aromatic heterocycles. The highest BCUT2D eigenvalue weighted by Gasteiger charge is 2.18. The van der Waals surface area contributed by atoms with Gasteiger partial charge in [0.05, 0.1) is 12.6 Å². The summed E-state index contributed by atoms with van der Waals surface area (Å²) in [4.78, 5) is 14.6. The number of anilines is 1. The molecule has 5 heteroatoms. The first-order chi connectivity index (χ1) is 13.5. The molecule has 1 amide bonds. The van der Waals surface area contributed by atoms with Gasteiger partial charge in [0.25, 0.3) is 5.91 Å². The van der Waals surface area contributed by atoms with E-state index < -0.39 is 5.91 Å². The molecule has 5 nitrogen and oxygen atoms in total. The predicted octanol–water partition coefficient (Wildman–Crippen LogP) is 4.50. The van der Waals surface area contributed by atoms with Crippen LogP contribution in [-0.4, -0.2) is 19.1 Å². The summed E-state index contributed by atoms with van der Waals surface area (Å²) in [6, 6.07) is 17.3. The van der Waals surface area contributed by atoms with E-state index in [0.717, 1.165) is 22.6 Å². The minimum Gasteiger partial charge on any atom is -0.494 e. The summed E-state index contributed by atoms with van der Waals surface area (Å²) >= 11 is 0. The zero-order valence-electron chi connectivity index (χ0n) is 16.9. The molecular weight excluding hydrogens is 350 g/mol. The maximum Gasteiger partial charge on any atom is 0.263 e. The number of para-hydroxylation sites is 1. The van der Waals surface area contributed by atoms with Gasteiger partial charge in [-0.1, -0.05) is 35.9 Å². The van der Waals surface area contributed by atoms with Gasteiger partial charge in [0.15, 0.2) is 0 Å². The zero-order valence-corrected chi connectivity index (χ0v) is 16.9. The third-order valence-electron chi connectivity index (χ3n) is 4.36. The Balaban J connectivity index is 2.22. The third-order valence-corrected chi connectivity index (χ3v) is 4.36. The van der Waals surface area contributed by atoms with E-state index in [1.54, 1.807) is 6.20 Å². The average molecular weight is 377 g/mol. The van der Waals surface area contributed by atoms with Crippen LogP contribution in [0.1, 0.15) is 37.9 Å². The number of nitrogens with one attached hydrogen (secondary N) is 1. The lowest BCUT2D eigenvalue weighted by Crippen LogP contribution is -2.29. The monoisotopic (exact) mass is 377 g/mol. The van der Waals surface area contributed by atoms with Crippen molar-refractivity contribution in [3.05, 3.63) is 71.4 Å². The molecule has 0 bridgehead atoms. The first-order valence-electron chi connectivity index (χ1n) is 9.47. The van der Waals surface area contributed by atoms with Gasteiger partial charge in [-0.15, -0.1) is 0 Å². The number of ether oxygens (including phenoxy) is 1. The fraction of sp³-hybridized carbons (Fsp3) is 0.304. The van der Waals surface area contributed by atoms with Crippen molar-refractivity contribution in [3.8, 4) is 11.8 Å². The van der Waals surface area contributed by atoms with E-state index >= 15 is 0 Å². The number of aryl methyl sites for hydroxylation is 1. The Morgan fingerprint density at radius 2 is 1.96 bits per heavy atom. The van der Waals surface area contributed by atoms with Crippen LogP contribution in [0.5, 0.6) is 5.75 Å². The first kappa shape index (κ1) is 21.0. The average Bonchev–Trinajstić information content (AvgIpc) is 2.71. The van der Waals surface area contributed by atoms with Crippen LogP contribution in [0.3, 0.4) is 0 Å². The molecule has 0 radical (unpaired) electrons. The molecule has 146 valence electrons. The highest BCUT2D eigenvalue weighted by atomic mass is 16.5. The highest BCUT2D eigenvalue weighted by molar-refractivity contribution is 5.97. The van der Waals surface area contributed by atoms with Crippen molar-refractivity contribution < 1.29 is 9.53 Å². The van der Waals surface area contributed by atoms with E-state index in [-0.39, 0.29) is 11.6 Å². The predicted molar refractivity (Wildman–Crippen MR) is 112 cm³/mol. The molecule has 2 aromatic rings. The molecule has 0 aliphatic rings. The molecular formula is C23H27N3O2. The van der Waals surface area contributed by atoms with Crippen LogP contribution in [0.25, 0.3) is 0 Å². The summed E-state index contributed by atoms with van der Waals surface area (Å²) in [6.07, 6.45) is 1.59. The van der Waals surface area contributed by atoms with E-state index in [4.69, 9.17) is 4.74 Å². The zero-order chi connectivity index (χ0) is 20.5. The van der Waals surface area contributed by atoms with E-state index in [1.807, 2.05) is 87.2 Å². The van der Waals surface area contributed by atoms with Crippen molar-refractivity contribution in [2.24, 2.45) is 0 Å². The number of amides is 1. The first-order valence-corrected chi connectivity index (χ1v) is 9.47. The SMILES string of the molecule is CCOc1ccc(C)cc1C(C)NC(=O)/C(C#N)=C\N(CC)c1ccccc1. The second-order valence-corrected chi connectivity index (χ2v) is 6.45. The number of carbonyl (C=O) groups excluding carboxylic acids is 1. The van der Waals surface area contributed by atoms with Crippen molar-refractivity contribution in [1.82, 2.24) is 5.32 Å². The fourth-order valence-corrected chi connectivity index (χ4v) is 2.91. The van der Waals surface area contributed by atoms with Crippen LogP contribution in [0, 0.1) is 18.3 Å². The van der Waals surface area contributed by atoms with Crippen molar-refractivity contribution >= 4 is 11.6 Å². The quantitative estimate of drug-likeness (QED) is 0.543. The van der Waals surface area contributed by atoms with Gasteiger partial charge < -0.3 is 15.0 Å². The molecule has 0 fully saturated rings. The maximum absolute atomic E-state index is 12.7. The van der Waals surface area contributed by atoms with Crippen LogP contribution in [-0.2, 0) is 4.79 Å². The van der Waals surface area contributed by atoms with Crippen LogP contribution >= 0.6 is 0 Å². The minimum atomic E-state index is -0.409. The summed E-state index contributed by atoms with van der Waals surface area (Å²) < 4.78 is 5.68. The van der Waals surface area contributed by atoms with Gasteiger partial charge in [0, 0.05) is 24.0 Å². The van der Waals surface area contributed by atoms with Gasteiger partial charge in [-0.3, -0.25) is 4.79 Å². The topological polar surface area (TPSA) is 65.4 Å². The van der Waals surface area contributed by atoms with Gasteiger partial charge in [0.2, 0.25) is 0 Å². The number of hydrogen-bond donors (Lipinski definition) is 1. The fourth-order valence-electron chi connectivity index (χ4n) is 2.91. The highest BCUT2D eigenvalue weighted by Crippen LogP contribution is 2.26. The van der Waals surface area contributed by atoms with E-state index in [9.17, 15) is 10.1 Å². The Morgan fingerprint density at radius 1 is 1.25 bits per heavy atom. The van der Waals surface area contributed by atoms with E-state index in [0.29, 0.717) is 13.2 Å². The van der Waals surface area contributed by atoms with Gasteiger partial charge in [-0.2, -0.15) is 5.26 Å². The molecule has 0 aliphatic carbocycles. The van der Waals surface area contributed by atoms with Crippen LogP contribution in [0.15, 0.2) is 60.3 Å². The molecule has 1 atom stereocenters. The van der Waals surface area contributed by atoms with Crippen molar-refractivity contribution in [1.29, 1.82) is 5.26 Å². The Hall–Kier alpha value is -3.26. The molecule has 1 unspecified atom stereocenters. The molecule has 0 heterocycles. The van der Waals surface area contributed by atoms with Gasteiger partial charge in [-0.05, 0) is 45.9 Å². The molecule has 0 saturated heterocycles. The summed E-state index contributed by atoms with van der Waals surface area (Å²) in [7, 11) is 0. The van der Waals surface area contributed by atoms with Crippen molar-refractivity contribution in [2.75, 3.05) is 18.1 Å². The summed E-state index contributed by atoms with van der Waals surface area (Å²) in [5.74, 6) is 0.330. The molecule has 0 saturated carbocycles.